The summed E-state index contributed by atoms with van der Waals surface area (Å²) in [4.78, 5) is 22.6. The lowest BCUT2D eigenvalue weighted by Crippen LogP contribution is -2.40. The molecule has 32 heavy (non-hydrogen) atoms. The van der Waals surface area contributed by atoms with Crippen molar-refractivity contribution in [2.45, 2.75) is 32.9 Å². The molecule has 1 saturated heterocycles. The van der Waals surface area contributed by atoms with Crippen LogP contribution in [0.4, 0.5) is 5.82 Å². The number of piperidine rings is 1. The molecule has 0 spiro atoms. The van der Waals surface area contributed by atoms with Crippen molar-refractivity contribution in [3.05, 3.63) is 59.5 Å². The van der Waals surface area contributed by atoms with Crippen LogP contribution in [0.1, 0.15) is 29.7 Å². The van der Waals surface area contributed by atoms with Gasteiger partial charge in [-0.25, -0.2) is 4.98 Å². The Morgan fingerprint density at radius 1 is 1.19 bits per heavy atom. The summed E-state index contributed by atoms with van der Waals surface area (Å²) < 4.78 is 5.99. The number of benzene rings is 1. The molecule has 3 heterocycles. The quantitative estimate of drug-likeness (QED) is 0.407. The number of guanidine groups is 1. The number of fused-ring (bicyclic) bond motifs is 1. The molecule has 0 atom stereocenters. The number of anilines is 1. The molecule has 3 aromatic rings. The molecular formula is C24H30N6O2. The van der Waals surface area contributed by atoms with E-state index in [0.717, 1.165) is 59.6 Å². The lowest BCUT2D eigenvalue weighted by Gasteiger charge is -2.32. The zero-order valence-corrected chi connectivity index (χ0v) is 18.6. The Bertz CT molecular complexity index is 1110. The standard InChI is InChI=1S/C24H30N6O2/c1-16-19-7-3-4-8-20(19)32-21(16)15-29-24(26-2)28-14-18-6-5-11-27-23(18)30-12-9-17(10-13-30)22(25)31/h3-8,11,17H,9-10,12-15H2,1-2H3,(H2,25,31)(H2,26,28,29). The Kier molecular flexibility index (Phi) is 6.58. The molecule has 1 aromatic carbocycles. The molecule has 4 N–H and O–H groups in total. The molecule has 1 aliphatic heterocycles. The second-order valence-corrected chi connectivity index (χ2v) is 8.08. The first-order valence-electron chi connectivity index (χ1n) is 11.0. The van der Waals surface area contributed by atoms with Crippen molar-refractivity contribution in [1.82, 2.24) is 15.6 Å². The minimum absolute atomic E-state index is 0.0405. The van der Waals surface area contributed by atoms with E-state index in [0.29, 0.717) is 19.0 Å². The third-order valence-electron chi connectivity index (χ3n) is 6.09. The van der Waals surface area contributed by atoms with Crippen molar-refractivity contribution in [2.24, 2.45) is 16.6 Å². The maximum Gasteiger partial charge on any atom is 0.220 e. The van der Waals surface area contributed by atoms with Gasteiger partial charge in [0, 0.05) is 55.3 Å². The largest absolute Gasteiger partial charge is 0.459 e. The van der Waals surface area contributed by atoms with Crippen LogP contribution in [-0.2, 0) is 17.9 Å². The van der Waals surface area contributed by atoms with E-state index in [1.807, 2.05) is 24.3 Å². The summed E-state index contributed by atoms with van der Waals surface area (Å²) in [5.41, 5.74) is 8.58. The highest BCUT2D eigenvalue weighted by Gasteiger charge is 2.25. The summed E-state index contributed by atoms with van der Waals surface area (Å²) >= 11 is 0. The van der Waals surface area contributed by atoms with Crippen LogP contribution >= 0.6 is 0 Å². The maximum atomic E-state index is 11.5. The number of carbonyl (C=O) groups is 1. The first-order chi connectivity index (χ1) is 15.6. The zero-order valence-electron chi connectivity index (χ0n) is 18.6. The van der Waals surface area contributed by atoms with Gasteiger partial charge in [-0.1, -0.05) is 24.3 Å². The molecule has 168 valence electrons. The molecule has 8 nitrogen and oxygen atoms in total. The number of para-hydroxylation sites is 1. The summed E-state index contributed by atoms with van der Waals surface area (Å²) in [6.45, 7) is 4.74. The number of pyridine rings is 1. The molecule has 0 radical (unpaired) electrons. The number of primary amides is 1. The van der Waals surface area contributed by atoms with Crippen LogP contribution in [0.15, 0.2) is 52.0 Å². The molecule has 1 fully saturated rings. The molecule has 2 aromatic heterocycles. The van der Waals surface area contributed by atoms with Crippen LogP contribution < -0.4 is 21.3 Å². The first kappa shape index (κ1) is 21.7. The predicted molar refractivity (Wildman–Crippen MR) is 126 cm³/mol. The smallest absolute Gasteiger partial charge is 0.220 e. The van der Waals surface area contributed by atoms with Crippen molar-refractivity contribution in [1.29, 1.82) is 0 Å². The Balaban J connectivity index is 1.37. The number of rotatable bonds is 6. The SMILES string of the molecule is CN=C(NCc1cccnc1N1CCC(C(N)=O)CC1)NCc1oc2ccccc2c1C. The number of aromatic nitrogens is 1. The van der Waals surface area contributed by atoms with E-state index in [1.54, 1.807) is 13.2 Å². The highest BCUT2D eigenvalue weighted by molar-refractivity contribution is 5.83. The highest BCUT2D eigenvalue weighted by atomic mass is 16.3. The zero-order chi connectivity index (χ0) is 22.5. The van der Waals surface area contributed by atoms with Gasteiger partial charge in [-0.05, 0) is 31.9 Å². The molecule has 1 aliphatic rings. The van der Waals surface area contributed by atoms with Gasteiger partial charge < -0.3 is 25.7 Å². The molecule has 0 saturated carbocycles. The minimum Gasteiger partial charge on any atom is -0.459 e. The number of hydrogen-bond acceptors (Lipinski definition) is 5. The number of nitrogens with two attached hydrogens (primary N) is 1. The summed E-state index contributed by atoms with van der Waals surface area (Å²) in [5, 5.41) is 7.84. The Morgan fingerprint density at radius 2 is 1.94 bits per heavy atom. The molecule has 4 rings (SSSR count). The second kappa shape index (κ2) is 9.72. The molecule has 0 unspecified atom stereocenters. The van der Waals surface area contributed by atoms with Crippen molar-refractivity contribution in [3.8, 4) is 0 Å². The Morgan fingerprint density at radius 3 is 2.66 bits per heavy atom. The van der Waals surface area contributed by atoms with Gasteiger partial charge in [-0.15, -0.1) is 0 Å². The van der Waals surface area contributed by atoms with Crippen molar-refractivity contribution in [2.75, 3.05) is 25.0 Å². The highest BCUT2D eigenvalue weighted by Crippen LogP contribution is 2.25. The number of hydrogen-bond donors (Lipinski definition) is 3. The van der Waals surface area contributed by atoms with Gasteiger partial charge in [0.15, 0.2) is 5.96 Å². The van der Waals surface area contributed by atoms with Gasteiger partial charge in [0.05, 0.1) is 6.54 Å². The van der Waals surface area contributed by atoms with Gasteiger partial charge in [0.2, 0.25) is 5.91 Å². The maximum absolute atomic E-state index is 11.5. The minimum atomic E-state index is -0.206. The molecular weight excluding hydrogens is 404 g/mol. The summed E-state index contributed by atoms with van der Waals surface area (Å²) in [5.74, 6) is 2.27. The first-order valence-corrected chi connectivity index (χ1v) is 11.0. The van der Waals surface area contributed by atoms with Crippen LogP contribution in [0.3, 0.4) is 0 Å². The molecule has 0 bridgehead atoms. The molecule has 1 amide bonds. The number of nitrogens with zero attached hydrogens (tertiary/aromatic N) is 3. The van der Waals surface area contributed by atoms with Gasteiger partial charge >= 0.3 is 0 Å². The van der Waals surface area contributed by atoms with Crippen molar-refractivity contribution in [3.63, 3.8) is 0 Å². The third kappa shape index (κ3) is 4.69. The number of aliphatic imine (C=N–C) groups is 1. The molecule has 8 heteroatoms. The normalized spacial score (nSPS) is 15.2. The number of aryl methyl sites for hydroxylation is 1. The predicted octanol–water partition coefficient (Wildman–Crippen LogP) is 2.70. The van der Waals surface area contributed by atoms with E-state index in [4.69, 9.17) is 10.2 Å². The fourth-order valence-electron chi connectivity index (χ4n) is 4.19. The summed E-state index contributed by atoms with van der Waals surface area (Å²) in [7, 11) is 1.75. The molecule has 0 aliphatic carbocycles. The van der Waals surface area contributed by atoms with Crippen LogP contribution in [0, 0.1) is 12.8 Å². The second-order valence-electron chi connectivity index (χ2n) is 8.08. The summed E-state index contributed by atoms with van der Waals surface area (Å²) in [6.07, 6.45) is 3.33. The van der Waals surface area contributed by atoms with Gasteiger partial charge in [-0.2, -0.15) is 0 Å². The number of furan rings is 1. The fraction of sp³-hybridized carbons (Fsp3) is 0.375. The Labute approximate surface area is 187 Å². The van der Waals surface area contributed by atoms with Gasteiger partial charge in [-0.3, -0.25) is 9.79 Å². The van der Waals surface area contributed by atoms with E-state index in [1.165, 1.54) is 0 Å². The third-order valence-corrected chi connectivity index (χ3v) is 6.09. The van der Waals surface area contributed by atoms with Gasteiger partial charge in [0.25, 0.3) is 0 Å². The van der Waals surface area contributed by atoms with E-state index >= 15 is 0 Å². The number of nitrogens with one attached hydrogen (secondary N) is 2. The fourth-order valence-corrected chi connectivity index (χ4v) is 4.19. The lowest BCUT2D eigenvalue weighted by molar-refractivity contribution is -0.122. The topological polar surface area (TPSA) is 109 Å². The van der Waals surface area contributed by atoms with Crippen LogP contribution in [0.5, 0.6) is 0 Å². The van der Waals surface area contributed by atoms with Crippen LogP contribution in [-0.4, -0.2) is 37.0 Å². The monoisotopic (exact) mass is 434 g/mol. The lowest BCUT2D eigenvalue weighted by atomic mass is 9.96. The Hall–Kier alpha value is -3.55. The van der Waals surface area contributed by atoms with E-state index < -0.39 is 0 Å². The number of amides is 1. The van der Waals surface area contributed by atoms with E-state index in [9.17, 15) is 4.79 Å². The van der Waals surface area contributed by atoms with E-state index in [-0.39, 0.29) is 11.8 Å². The van der Waals surface area contributed by atoms with E-state index in [2.05, 4.69) is 44.6 Å². The average molecular weight is 435 g/mol. The van der Waals surface area contributed by atoms with Crippen LogP contribution in [0.25, 0.3) is 11.0 Å². The number of carbonyl (C=O) groups excluding carboxylic acids is 1. The summed E-state index contributed by atoms with van der Waals surface area (Å²) in [6, 6.07) is 12.0. The van der Waals surface area contributed by atoms with Crippen molar-refractivity contribution < 1.29 is 9.21 Å². The van der Waals surface area contributed by atoms with Crippen molar-refractivity contribution >= 4 is 28.7 Å². The van der Waals surface area contributed by atoms with Gasteiger partial charge in [0.1, 0.15) is 17.2 Å². The van der Waals surface area contributed by atoms with Crippen LogP contribution in [0.2, 0.25) is 0 Å². The average Bonchev–Trinajstić information content (AvgIpc) is 3.15.